The summed E-state index contributed by atoms with van der Waals surface area (Å²) in [6.07, 6.45) is 1.16. The smallest absolute Gasteiger partial charge is 0.407 e. The minimum Gasteiger partial charge on any atom is -0.491 e. The van der Waals surface area contributed by atoms with Crippen LogP contribution in [-0.2, 0) is 10.2 Å². The average Bonchev–Trinajstić information content (AvgIpc) is 3.25. The van der Waals surface area contributed by atoms with E-state index in [4.69, 9.17) is 15.5 Å². The van der Waals surface area contributed by atoms with Crippen molar-refractivity contribution >= 4 is 17.9 Å². The number of nitrogens with one attached hydrogen (secondary N) is 3. The fourth-order valence-electron chi connectivity index (χ4n) is 3.20. The second-order valence-corrected chi connectivity index (χ2v) is 10.1. The summed E-state index contributed by atoms with van der Waals surface area (Å²) in [4.78, 5) is 37.4. The maximum atomic E-state index is 11.9. The summed E-state index contributed by atoms with van der Waals surface area (Å²) in [5.41, 5.74) is 8.02. The van der Waals surface area contributed by atoms with Crippen molar-refractivity contribution in [2.45, 2.75) is 59.9 Å². The van der Waals surface area contributed by atoms with E-state index in [1.165, 1.54) is 0 Å². The summed E-state index contributed by atoms with van der Waals surface area (Å²) < 4.78 is 5.16. The Balaban J connectivity index is 1.86. The molecule has 0 aliphatic carbocycles. The fourth-order valence-corrected chi connectivity index (χ4v) is 3.20. The first-order valence-electron chi connectivity index (χ1n) is 11.8. The monoisotopic (exact) mass is 497 g/mol. The first kappa shape index (κ1) is 26.6. The number of hydrogen-bond donors (Lipinski definition) is 5. The number of aryl methyl sites for hydroxylation is 1. The third-order valence-electron chi connectivity index (χ3n) is 5.11. The molecule has 194 valence electrons. The highest BCUT2D eigenvalue weighted by Crippen LogP contribution is 2.34. The number of carbonyl (C=O) groups excluding carboxylic acids is 1. The number of nitrogens with two attached hydrogens (primary N) is 1. The van der Waals surface area contributed by atoms with Gasteiger partial charge in [-0.3, -0.25) is 0 Å². The van der Waals surface area contributed by atoms with Crippen molar-refractivity contribution in [3.8, 4) is 28.7 Å². The van der Waals surface area contributed by atoms with Crippen LogP contribution in [0.5, 0.6) is 5.88 Å². The van der Waals surface area contributed by atoms with Gasteiger partial charge in [0.15, 0.2) is 5.82 Å². The van der Waals surface area contributed by atoms with E-state index in [-0.39, 0.29) is 29.1 Å². The zero-order valence-corrected chi connectivity index (χ0v) is 21.8. The van der Waals surface area contributed by atoms with Gasteiger partial charge in [-0.15, -0.1) is 0 Å². The van der Waals surface area contributed by atoms with Crippen LogP contribution in [0.1, 0.15) is 53.1 Å². The molecule has 1 atom stereocenters. The highest BCUT2D eigenvalue weighted by molar-refractivity contribution is 5.77. The summed E-state index contributed by atoms with van der Waals surface area (Å²) >= 11 is 0. The lowest BCUT2D eigenvalue weighted by Gasteiger charge is -2.15. The number of aromatic hydroxyl groups is 1. The highest BCUT2D eigenvalue weighted by atomic mass is 16.5. The molecule has 12 nitrogen and oxygen atoms in total. The van der Waals surface area contributed by atoms with Gasteiger partial charge < -0.3 is 31.2 Å². The van der Waals surface area contributed by atoms with Gasteiger partial charge in [-0.25, -0.2) is 29.7 Å². The lowest BCUT2D eigenvalue weighted by atomic mass is 9.96. The summed E-state index contributed by atoms with van der Waals surface area (Å²) in [5.74, 6) is 0.945. The first-order valence-corrected chi connectivity index (χ1v) is 11.8. The Labute approximate surface area is 210 Å². The number of nitrogens with zero attached hydrogens (tertiary/aromatic N) is 5. The molecule has 0 saturated heterocycles. The molecule has 36 heavy (non-hydrogen) atoms. The number of H-pyrrole nitrogens is 1. The van der Waals surface area contributed by atoms with Crippen LogP contribution in [-0.4, -0.2) is 60.3 Å². The van der Waals surface area contributed by atoms with Gasteiger partial charge >= 0.3 is 6.09 Å². The Morgan fingerprint density at radius 1 is 1.17 bits per heavy atom. The number of aromatic nitrogens is 6. The molecule has 12 heteroatoms. The van der Waals surface area contributed by atoms with Gasteiger partial charge in [0.2, 0.25) is 5.95 Å². The van der Waals surface area contributed by atoms with Crippen LogP contribution in [0.25, 0.3) is 22.8 Å². The van der Waals surface area contributed by atoms with E-state index < -0.39 is 6.09 Å². The molecule has 0 fully saturated rings. The van der Waals surface area contributed by atoms with E-state index in [2.05, 4.69) is 35.6 Å². The summed E-state index contributed by atoms with van der Waals surface area (Å²) in [6, 6.07) is 1.53. The molecule has 0 spiro atoms. The average molecular weight is 498 g/mol. The quantitative estimate of drug-likeness (QED) is 0.310. The van der Waals surface area contributed by atoms with Crippen molar-refractivity contribution < 1.29 is 14.6 Å². The van der Waals surface area contributed by atoms with Crippen molar-refractivity contribution in [2.24, 2.45) is 5.92 Å². The number of hydrogen-bond acceptors (Lipinski definition) is 10. The topological polar surface area (TPSA) is 177 Å². The number of anilines is 2. The number of amides is 1. The minimum absolute atomic E-state index is 0.0475. The van der Waals surface area contributed by atoms with Crippen molar-refractivity contribution in [1.29, 1.82) is 0 Å². The van der Waals surface area contributed by atoms with Crippen LogP contribution in [0, 0.1) is 12.8 Å². The zero-order valence-electron chi connectivity index (χ0n) is 21.8. The molecule has 0 aliphatic heterocycles. The standard InChI is InChI=1S/C24H35N9O3/c1-12(2)11-36-23(35)28-13(3)10-27-22-26-9-8-15(30-22)17-18(33-21(32-17)24(5,6)7)16-14(4)29-19(25)20(34)31-16/h8-9,12-13H,10-11H2,1-7H3,(H2,25,29)(H,28,35)(H,31,34)(H,32,33)(H,26,27,30)/t13-/m0/s1. The Morgan fingerprint density at radius 3 is 2.56 bits per heavy atom. The van der Waals surface area contributed by atoms with Crippen LogP contribution < -0.4 is 16.4 Å². The largest absolute Gasteiger partial charge is 0.491 e. The molecule has 3 aromatic heterocycles. The number of alkyl carbamates (subject to hydrolysis) is 1. The number of imidazole rings is 1. The van der Waals surface area contributed by atoms with Crippen LogP contribution in [0.4, 0.5) is 16.6 Å². The Kier molecular flexibility index (Phi) is 7.96. The van der Waals surface area contributed by atoms with E-state index in [1.54, 1.807) is 19.2 Å². The predicted molar refractivity (Wildman–Crippen MR) is 137 cm³/mol. The lowest BCUT2D eigenvalue weighted by Crippen LogP contribution is -2.38. The van der Waals surface area contributed by atoms with E-state index >= 15 is 0 Å². The molecule has 3 aromatic rings. The second kappa shape index (κ2) is 10.8. The number of carbonyl (C=O) groups is 1. The van der Waals surface area contributed by atoms with E-state index in [1.807, 2.05) is 41.5 Å². The molecule has 3 rings (SSSR count). The van der Waals surface area contributed by atoms with Gasteiger partial charge in [0, 0.05) is 24.2 Å². The molecule has 0 aliphatic rings. The third kappa shape index (κ3) is 6.58. The number of ether oxygens (including phenoxy) is 1. The van der Waals surface area contributed by atoms with Crippen molar-refractivity contribution in [3.63, 3.8) is 0 Å². The molecular formula is C24H35N9O3. The molecule has 6 N–H and O–H groups in total. The lowest BCUT2D eigenvalue weighted by molar-refractivity contribution is 0.130. The highest BCUT2D eigenvalue weighted by Gasteiger charge is 2.25. The van der Waals surface area contributed by atoms with Crippen LogP contribution in [0.3, 0.4) is 0 Å². The Morgan fingerprint density at radius 2 is 1.89 bits per heavy atom. The maximum Gasteiger partial charge on any atom is 0.407 e. The van der Waals surface area contributed by atoms with Crippen LogP contribution in [0.15, 0.2) is 12.3 Å². The summed E-state index contributed by atoms with van der Waals surface area (Å²) in [7, 11) is 0. The zero-order chi connectivity index (χ0) is 26.6. The van der Waals surface area contributed by atoms with Crippen LogP contribution in [0.2, 0.25) is 0 Å². The summed E-state index contributed by atoms with van der Waals surface area (Å²) in [5, 5.41) is 16.0. The first-order chi connectivity index (χ1) is 16.8. The number of rotatable bonds is 8. The van der Waals surface area contributed by atoms with E-state index in [0.717, 1.165) is 5.82 Å². The number of aromatic amines is 1. The maximum absolute atomic E-state index is 11.9. The summed E-state index contributed by atoms with van der Waals surface area (Å²) in [6.45, 7) is 14.4. The SMILES string of the molecule is Cc1nc(N)c(O)nc1-c1nc(C(C)(C)C)[nH]c1-c1ccnc(NC[C@H](C)NC(=O)OCC(C)C)n1. The number of nitrogen functional groups attached to an aromatic ring is 1. The fraction of sp³-hybridized carbons (Fsp3) is 0.500. The second-order valence-electron chi connectivity index (χ2n) is 10.1. The molecule has 1 amide bonds. The van der Waals surface area contributed by atoms with Gasteiger partial charge in [-0.2, -0.15) is 0 Å². The predicted octanol–water partition coefficient (Wildman–Crippen LogP) is 3.40. The van der Waals surface area contributed by atoms with Gasteiger partial charge in [0.25, 0.3) is 5.88 Å². The molecule has 3 heterocycles. The Bertz CT molecular complexity index is 1220. The normalized spacial score (nSPS) is 12.4. The third-order valence-corrected chi connectivity index (χ3v) is 5.11. The van der Waals surface area contributed by atoms with Crippen molar-refractivity contribution in [3.05, 3.63) is 23.8 Å². The molecule has 0 aromatic carbocycles. The van der Waals surface area contributed by atoms with Crippen molar-refractivity contribution in [1.82, 2.24) is 35.2 Å². The minimum atomic E-state index is -0.465. The van der Waals surface area contributed by atoms with E-state index in [9.17, 15) is 9.90 Å². The molecular weight excluding hydrogens is 462 g/mol. The van der Waals surface area contributed by atoms with E-state index in [0.29, 0.717) is 47.6 Å². The molecule has 0 saturated carbocycles. The van der Waals surface area contributed by atoms with Gasteiger partial charge in [-0.05, 0) is 25.8 Å². The van der Waals surface area contributed by atoms with Crippen LogP contribution >= 0.6 is 0 Å². The Hall–Kier alpha value is -3.96. The van der Waals surface area contributed by atoms with Gasteiger partial charge in [0.05, 0.1) is 23.7 Å². The van der Waals surface area contributed by atoms with Gasteiger partial charge in [-0.1, -0.05) is 34.6 Å². The molecule has 0 bridgehead atoms. The van der Waals surface area contributed by atoms with Crippen molar-refractivity contribution in [2.75, 3.05) is 24.2 Å². The van der Waals surface area contributed by atoms with Gasteiger partial charge in [0.1, 0.15) is 17.2 Å². The molecule has 0 unspecified atom stereocenters. The molecule has 0 radical (unpaired) electrons.